The van der Waals surface area contributed by atoms with Crippen LogP contribution in [0.2, 0.25) is 0 Å². The Morgan fingerprint density at radius 1 is 0.974 bits per heavy atom. The number of nitrogens with zero attached hydrogens (tertiary/aromatic N) is 1. The van der Waals surface area contributed by atoms with Crippen molar-refractivity contribution in [2.24, 2.45) is 22.2 Å². The van der Waals surface area contributed by atoms with Crippen LogP contribution in [0.15, 0.2) is 16.6 Å². The maximum atomic E-state index is 12.0. The number of carboxylic acid groups (broad SMARTS) is 1. The van der Waals surface area contributed by atoms with Crippen molar-refractivity contribution in [1.29, 1.82) is 0 Å². The third kappa shape index (κ3) is 10.3. The minimum atomic E-state index is -0.933. The Hall–Kier alpha value is -1.24. The van der Waals surface area contributed by atoms with Crippen molar-refractivity contribution >= 4 is 12.2 Å². The lowest BCUT2D eigenvalue weighted by molar-refractivity contribution is -0.146. The van der Waals surface area contributed by atoms with Crippen LogP contribution >= 0.6 is 0 Å². The zero-order valence-electron chi connectivity index (χ0n) is 24.7. The predicted octanol–water partition coefficient (Wildman–Crippen LogP) is 6.99. The van der Waals surface area contributed by atoms with Gasteiger partial charge in [0.05, 0.1) is 30.3 Å². The molecule has 2 fully saturated rings. The quantitative estimate of drug-likeness (QED) is 0.123. The third-order valence-corrected chi connectivity index (χ3v) is 10.1. The van der Waals surface area contributed by atoms with Crippen LogP contribution in [0.3, 0.4) is 0 Å². The molecule has 0 aromatic heterocycles. The number of aliphatic carboxylic acids is 1. The van der Waals surface area contributed by atoms with Gasteiger partial charge in [-0.15, -0.1) is 0 Å². The predicted molar refractivity (Wildman–Crippen MR) is 158 cm³/mol. The number of unbranched alkanes of at least 4 members (excludes halogenated alkanes) is 7. The van der Waals surface area contributed by atoms with E-state index in [1.54, 1.807) is 0 Å². The first-order chi connectivity index (χ1) is 18.8. The highest BCUT2D eigenvalue weighted by molar-refractivity contribution is 5.80. The van der Waals surface area contributed by atoms with E-state index in [1.165, 1.54) is 56.9 Å². The number of carbonyl (C=O) groups is 1. The molecule has 1 spiro atoms. The molecule has 0 aromatic rings. The van der Waals surface area contributed by atoms with E-state index in [-0.39, 0.29) is 11.5 Å². The summed E-state index contributed by atoms with van der Waals surface area (Å²) in [6.07, 6.45) is 23.0. The fraction of sp³-hybridized carbons (Fsp3) is 0.879. The summed E-state index contributed by atoms with van der Waals surface area (Å²) in [5.74, 6) is -1.27. The van der Waals surface area contributed by atoms with E-state index in [9.17, 15) is 25.2 Å². The van der Waals surface area contributed by atoms with Gasteiger partial charge in [-0.05, 0) is 81.1 Å². The van der Waals surface area contributed by atoms with Crippen molar-refractivity contribution < 1.29 is 25.2 Å². The second kappa shape index (κ2) is 16.3. The number of aliphatic hydroxyl groups is 3. The first-order valence-electron chi connectivity index (χ1n) is 16.3. The molecule has 2 saturated carbocycles. The number of aliphatic imine (C=N–C) groups is 1. The van der Waals surface area contributed by atoms with Crippen molar-refractivity contribution in [3.63, 3.8) is 0 Å². The molecule has 3 rings (SSSR count). The molecule has 0 amide bonds. The van der Waals surface area contributed by atoms with Crippen LogP contribution in [0.25, 0.3) is 0 Å². The summed E-state index contributed by atoms with van der Waals surface area (Å²) in [6, 6.07) is 0. The van der Waals surface area contributed by atoms with Gasteiger partial charge in [0.1, 0.15) is 0 Å². The van der Waals surface area contributed by atoms with E-state index in [1.807, 2.05) is 6.21 Å². The molecule has 6 heteroatoms. The SMILES string of the molecule is CCCCCCC[C@H](O)CCCCCC[C@H](C(=O)O)[C@H](O)CC[C@@]1(O)C[C@@H](CC2=CCN=C2)C2(CCCC2)C1. The molecule has 39 heavy (non-hydrogen) atoms. The van der Waals surface area contributed by atoms with Crippen LogP contribution in [0.1, 0.15) is 142 Å². The summed E-state index contributed by atoms with van der Waals surface area (Å²) < 4.78 is 0. The summed E-state index contributed by atoms with van der Waals surface area (Å²) in [7, 11) is 0. The van der Waals surface area contributed by atoms with Gasteiger partial charge in [0.2, 0.25) is 0 Å². The Labute approximate surface area is 237 Å². The Morgan fingerprint density at radius 2 is 1.62 bits per heavy atom. The van der Waals surface area contributed by atoms with Crippen LogP contribution in [0, 0.1) is 17.3 Å². The Balaban J connectivity index is 1.36. The zero-order chi connectivity index (χ0) is 28.1. The van der Waals surface area contributed by atoms with Gasteiger partial charge in [-0.3, -0.25) is 9.79 Å². The van der Waals surface area contributed by atoms with Crippen LogP contribution < -0.4 is 0 Å². The van der Waals surface area contributed by atoms with Crippen molar-refractivity contribution in [3.05, 3.63) is 11.6 Å². The van der Waals surface area contributed by atoms with Gasteiger partial charge in [-0.25, -0.2) is 0 Å². The largest absolute Gasteiger partial charge is 0.481 e. The summed E-state index contributed by atoms with van der Waals surface area (Å²) in [6.45, 7) is 2.98. The average molecular weight is 548 g/mol. The van der Waals surface area contributed by atoms with Crippen molar-refractivity contribution in [3.8, 4) is 0 Å². The van der Waals surface area contributed by atoms with Crippen molar-refractivity contribution in [2.75, 3.05) is 6.54 Å². The van der Waals surface area contributed by atoms with Gasteiger partial charge >= 0.3 is 5.97 Å². The number of hydrogen-bond acceptors (Lipinski definition) is 5. The van der Waals surface area contributed by atoms with Crippen LogP contribution in [-0.4, -0.2) is 57.0 Å². The number of rotatable bonds is 20. The normalized spacial score (nSPS) is 26.3. The third-order valence-electron chi connectivity index (χ3n) is 10.1. The Kier molecular flexibility index (Phi) is 13.5. The fourth-order valence-corrected chi connectivity index (χ4v) is 7.83. The Bertz CT molecular complexity index is 789. The highest BCUT2D eigenvalue weighted by Gasteiger charge is 2.54. The molecule has 1 heterocycles. The van der Waals surface area contributed by atoms with Crippen LogP contribution in [0.5, 0.6) is 0 Å². The van der Waals surface area contributed by atoms with E-state index < -0.39 is 23.6 Å². The number of carboxylic acids is 1. The van der Waals surface area contributed by atoms with E-state index in [2.05, 4.69) is 18.0 Å². The van der Waals surface area contributed by atoms with Crippen molar-refractivity contribution in [2.45, 2.75) is 160 Å². The molecule has 0 saturated heterocycles. The fourth-order valence-electron chi connectivity index (χ4n) is 7.83. The van der Waals surface area contributed by atoms with Gasteiger partial charge in [0.25, 0.3) is 0 Å². The number of allylic oxidation sites excluding steroid dienone is 1. The Morgan fingerprint density at radius 3 is 2.21 bits per heavy atom. The maximum Gasteiger partial charge on any atom is 0.309 e. The number of aliphatic hydroxyl groups excluding tert-OH is 2. The molecular formula is C33H57NO5. The van der Waals surface area contributed by atoms with Gasteiger partial charge < -0.3 is 20.4 Å². The van der Waals surface area contributed by atoms with Crippen molar-refractivity contribution in [1.82, 2.24) is 0 Å². The highest BCUT2D eigenvalue weighted by atomic mass is 16.4. The van der Waals surface area contributed by atoms with E-state index in [4.69, 9.17) is 0 Å². The minimum Gasteiger partial charge on any atom is -0.481 e. The zero-order valence-corrected chi connectivity index (χ0v) is 24.7. The molecule has 224 valence electrons. The van der Waals surface area contributed by atoms with E-state index >= 15 is 0 Å². The summed E-state index contributed by atoms with van der Waals surface area (Å²) in [5, 5.41) is 42.5. The second-order valence-corrected chi connectivity index (χ2v) is 13.2. The lowest BCUT2D eigenvalue weighted by Gasteiger charge is -2.32. The lowest BCUT2D eigenvalue weighted by atomic mass is 9.73. The number of hydrogen-bond donors (Lipinski definition) is 4. The smallest absolute Gasteiger partial charge is 0.309 e. The first kappa shape index (κ1) is 32.3. The van der Waals surface area contributed by atoms with Crippen LogP contribution in [0.4, 0.5) is 0 Å². The van der Waals surface area contributed by atoms with Crippen LogP contribution in [-0.2, 0) is 4.79 Å². The topological polar surface area (TPSA) is 110 Å². The van der Waals surface area contributed by atoms with E-state index in [0.29, 0.717) is 25.2 Å². The summed E-state index contributed by atoms with van der Waals surface area (Å²) in [4.78, 5) is 16.3. The lowest BCUT2D eigenvalue weighted by Crippen LogP contribution is -2.33. The van der Waals surface area contributed by atoms with Gasteiger partial charge in [0.15, 0.2) is 0 Å². The van der Waals surface area contributed by atoms with Gasteiger partial charge in [-0.2, -0.15) is 0 Å². The standard InChI is InChI=1S/C33H57NO5/c1-2-3-4-5-8-13-28(35)14-9-6-7-10-15-29(31(37)38)30(36)16-20-33(39)23-27(22-26-17-21-34-24-26)32(25-33)18-11-12-19-32/h17,24,27-30,35-36,39H,2-16,18-23,25H2,1H3,(H,37,38)/t27-,28+,29+,30-,33-/m1/s1. The van der Waals surface area contributed by atoms with Gasteiger partial charge in [-0.1, -0.05) is 83.6 Å². The molecule has 5 atom stereocenters. The molecular weight excluding hydrogens is 490 g/mol. The monoisotopic (exact) mass is 547 g/mol. The van der Waals surface area contributed by atoms with Gasteiger partial charge in [0, 0.05) is 6.21 Å². The molecule has 1 aliphatic heterocycles. The minimum absolute atomic E-state index is 0.186. The first-order valence-corrected chi connectivity index (χ1v) is 16.3. The molecule has 0 bridgehead atoms. The average Bonchev–Trinajstić information content (AvgIpc) is 3.64. The molecule has 0 aromatic carbocycles. The highest BCUT2D eigenvalue weighted by Crippen LogP contribution is 2.60. The molecule has 4 N–H and O–H groups in total. The molecule has 2 aliphatic carbocycles. The molecule has 0 unspecified atom stereocenters. The molecule has 0 radical (unpaired) electrons. The summed E-state index contributed by atoms with van der Waals surface area (Å²) >= 11 is 0. The molecule has 6 nitrogen and oxygen atoms in total. The van der Waals surface area contributed by atoms with E-state index in [0.717, 1.165) is 70.8 Å². The molecule has 3 aliphatic rings. The second-order valence-electron chi connectivity index (χ2n) is 13.2. The summed E-state index contributed by atoms with van der Waals surface area (Å²) in [5.41, 5.74) is 0.663. The maximum absolute atomic E-state index is 12.0.